The van der Waals surface area contributed by atoms with Crippen molar-refractivity contribution in [2.45, 2.75) is 39.7 Å². The van der Waals surface area contributed by atoms with Gasteiger partial charge in [0.25, 0.3) is 0 Å². The van der Waals surface area contributed by atoms with E-state index in [1.54, 1.807) is 6.92 Å². The topological polar surface area (TPSA) is 61.4 Å². The van der Waals surface area contributed by atoms with Gasteiger partial charge in [0.05, 0.1) is 5.60 Å². The fraction of sp³-hybridized carbons (Fsp3) is 0.909. The van der Waals surface area contributed by atoms with Gasteiger partial charge in [-0.05, 0) is 19.8 Å². The predicted octanol–water partition coefficient (Wildman–Crippen LogP) is 0.509. The van der Waals surface area contributed by atoms with Crippen LogP contribution in [0.4, 0.5) is 0 Å². The molecule has 0 aromatic heterocycles. The van der Waals surface area contributed by atoms with Gasteiger partial charge >= 0.3 is 0 Å². The van der Waals surface area contributed by atoms with Crippen LogP contribution in [0, 0.1) is 5.92 Å². The van der Waals surface area contributed by atoms with E-state index < -0.39 is 5.60 Å². The molecule has 1 unspecified atom stereocenters. The van der Waals surface area contributed by atoms with Crippen molar-refractivity contribution in [3.63, 3.8) is 0 Å². The highest BCUT2D eigenvalue weighted by Gasteiger charge is 2.23. The van der Waals surface area contributed by atoms with Gasteiger partial charge in [-0.2, -0.15) is 0 Å². The van der Waals surface area contributed by atoms with Crippen molar-refractivity contribution in [1.29, 1.82) is 0 Å². The molecule has 0 saturated heterocycles. The van der Waals surface area contributed by atoms with Gasteiger partial charge in [0.1, 0.15) is 0 Å². The summed E-state index contributed by atoms with van der Waals surface area (Å²) in [6.45, 7) is 9.45. The Bertz CT molecular complexity index is 191. The van der Waals surface area contributed by atoms with Gasteiger partial charge in [0, 0.05) is 26.1 Å². The van der Waals surface area contributed by atoms with Crippen molar-refractivity contribution in [3.05, 3.63) is 0 Å². The summed E-state index contributed by atoms with van der Waals surface area (Å²) in [6.07, 6.45) is 0.460. The summed E-state index contributed by atoms with van der Waals surface area (Å²) in [5.74, 6) is 0.253. The van der Waals surface area contributed by atoms with Crippen LogP contribution in [0.3, 0.4) is 0 Å². The molecule has 0 rings (SSSR count). The molecule has 15 heavy (non-hydrogen) atoms. The number of amides is 1. The second-order valence-corrected chi connectivity index (χ2v) is 4.39. The number of carbonyl (C=O) groups is 1. The quantitative estimate of drug-likeness (QED) is 0.543. The highest BCUT2D eigenvalue weighted by atomic mass is 16.3. The monoisotopic (exact) mass is 216 g/mol. The third kappa shape index (κ3) is 6.47. The van der Waals surface area contributed by atoms with Gasteiger partial charge in [-0.25, -0.2) is 0 Å². The molecule has 0 aliphatic carbocycles. The molecular weight excluding hydrogens is 192 g/mol. The van der Waals surface area contributed by atoms with E-state index in [-0.39, 0.29) is 11.8 Å². The highest BCUT2D eigenvalue weighted by molar-refractivity contribution is 5.75. The highest BCUT2D eigenvalue weighted by Crippen LogP contribution is 2.14. The number of hydrogen-bond donors (Lipinski definition) is 3. The van der Waals surface area contributed by atoms with Crippen LogP contribution >= 0.6 is 0 Å². The maximum atomic E-state index is 11.1. The summed E-state index contributed by atoms with van der Waals surface area (Å²) in [5.41, 5.74) is -0.707. The van der Waals surface area contributed by atoms with Gasteiger partial charge in [-0.3, -0.25) is 4.79 Å². The molecular formula is C11H24N2O2. The van der Waals surface area contributed by atoms with Crippen LogP contribution < -0.4 is 10.6 Å². The van der Waals surface area contributed by atoms with Gasteiger partial charge in [0.15, 0.2) is 0 Å². The smallest absolute Gasteiger partial charge is 0.221 e. The summed E-state index contributed by atoms with van der Waals surface area (Å²) in [6, 6.07) is 0. The first-order valence-electron chi connectivity index (χ1n) is 5.60. The van der Waals surface area contributed by atoms with Crippen molar-refractivity contribution < 1.29 is 9.90 Å². The lowest BCUT2D eigenvalue weighted by molar-refractivity contribution is -0.120. The first-order chi connectivity index (χ1) is 6.90. The minimum Gasteiger partial charge on any atom is -0.389 e. The molecule has 0 aromatic carbocycles. The molecule has 1 amide bonds. The Morgan fingerprint density at radius 1 is 1.47 bits per heavy atom. The number of carbonyl (C=O) groups excluding carboxylic acids is 1. The number of aliphatic hydroxyl groups is 1. The molecule has 0 aromatic rings. The average Bonchev–Trinajstić information content (AvgIpc) is 2.13. The van der Waals surface area contributed by atoms with Gasteiger partial charge in [-0.1, -0.05) is 13.8 Å². The molecule has 0 radical (unpaired) electrons. The van der Waals surface area contributed by atoms with Crippen LogP contribution in [0.15, 0.2) is 0 Å². The van der Waals surface area contributed by atoms with Gasteiger partial charge in [0.2, 0.25) is 5.91 Å². The summed E-state index contributed by atoms with van der Waals surface area (Å²) < 4.78 is 0. The summed E-state index contributed by atoms with van der Waals surface area (Å²) in [7, 11) is 0. The average molecular weight is 216 g/mol. The third-order valence-electron chi connectivity index (χ3n) is 2.63. The van der Waals surface area contributed by atoms with Crippen molar-refractivity contribution in [1.82, 2.24) is 10.6 Å². The molecule has 4 nitrogen and oxygen atoms in total. The lowest BCUT2D eigenvalue weighted by Gasteiger charge is -2.27. The van der Waals surface area contributed by atoms with E-state index in [1.165, 1.54) is 0 Å². The molecule has 0 bridgehead atoms. The van der Waals surface area contributed by atoms with Crippen LogP contribution in [-0.2, 0) is 4.79 Å². The minimum atomic E-state index is -0.707. The van der Waals surface area contributed by atoms with E-state index in [1.807, 2.05) is 20.8 Å². The van der Waals surface area contributed by atoms with E-state index in [0.717, 1.165) is 0 Å². The third-order valence-corrected chi connectivity index (χ3v) is 2.63. The molecule has 3 N–H and O–H groups in total. The lowest BCUT2D eigenvalue weighted by Crippen LogP contribution is -2.43. The molecule has 0 saturated carbocycles. The molecule has 4 heteroatoms. The first-order valence-corrected chi connectivity index (χ1v) is 5.60. The largest absolute Gasteiger partial charge is 0.389 e. The van der Waals surface area contributed by atoms with Crippen molar-refractivity contribution in [3.8, 4) is 0 Å². The summed E-state index contributed by atoms with van der Waals surface area (Å²) in [4.78, 5) is 11.1. The van der Waals surface area contributed by atoms with Gasteiger partial charge < -0.3 is 15.7 Å². The second kappa shape index (κ2) is 6.80. The van der Waals surface area contributed by atoms with Crippen molar-refractivity contribution >= 4 is 5.91 Å². The van der Waals surface area contributed by atoms with Crippen molar-refractivity contribution in [2.24, 2.45) is 5.92 Å². The fourth-order valence-electron chi connectivity index (χ4n) is 1.03. The number of hydrogen-bond acceptors (Lipinski definition) is 3. The molecule has 0 heterocycles. The summed E-state index contributed by atoms with van der Waals surface area (Å²) in [5, 5.41) is 15.7. The van der Waals surface area contributed by atoms with E-state index in [4.69, 9.17) is 0 Å². The molecule has 0 spiro atoms. The Balaban J connectivity index is 3.58. The van der Waals surface area contributed by atoms with E-state index in [9.17, 15) is 9.90 Å². The van der Waals surface area contributed by atoms with E-state index in [2.05, 4.69) is 10.6 Å². The maximum Gasteiger partial charge on any atom is 0.221 e. The summed E-state index contributed by atoms with van der Waals surface area (Å²) >= 11 is 0. The maximum absolute atomic E-state index is 11.1. The normalized spacial score (nSPS) is 15.1. The zero-order valence-electron chi connectivity index (χ0n) is 10.3. The minimum absolute atomic E-state index is 0.0502. The van der Waals surface area contributed by atoms with Crippen LogP contribution in [0.25, 0.3) is 0 Å². The Morgan fingerprint density at radius 3 is 2.53 bits per heavy atom. The standard InChI is InChI=1S/C11H24N2O2/c1-5-13-10(14)6-7-12-8-11(4,15)9(2)3/h9,12,15H,5-8H2,1-4H3,(H,13,14). The number of nitrogens with one attached hydrogen (secondary N) is 2. The SMILES string of the molecule is CCNC(=O)CCNCC(C)(O)C(C)C. The Labute approximate surface area is 92.4 Å². The molecule has 90 valence electrons. The molecule has 0 aliphatic rings. The lowest BCUT2D eigenvalue weighted by atomic mass is 9.92. The number of rotatable bonds is 7. The Morgan fingerprint density at radius 2 is 2.07 bits per heavy atom. The molecule has 0 fully saturated rings. The van der Waals surface area contributed by atoms with Crippen LogP contribution in [0.1, 0.15) is 34.1 Å². The second-order valence-electron chi connectivity index (χ2n) is 4.39. The first kappa shape index (κ1) is 14.4. The zero-order valence-corrected chi connectivity index (χ0v) is 10.3. The van der Waals surface area contributed by atoms with Crippen molar-refractivity contribution in [2.75, 3.05) is 19.6 Å². The van der Waals surface area contributed by atoms with E-state index >= 15 is 0 Å². The Hall–Kier alpha value is -0.610. The predicted molar refractivity (Wildman–Crippen MR) is 61.6 cm³/mol. The van der Waals surface area contributed by atoms with Crippen LogP contribution in [0.5, 0.6) is 0 Å². The molecule has 0 aliphatic heterocycles. The van der Waals surface area contributed by atoms with Crippen LogP contribution in [-0.4, -0.2) is 36.2 Å². The molecule has 1 atom stereocenters. The Kier molecular flexibility index (Phi) is 6.52. The zero-order chi connectivity index (χ0) is 11.9. The van der Waals surface area contributed by atoms with E-state index in [0.29, 0.717) is 26.1 Å². The fourth-order valence-corrected chi connectivity index (χ4v) is 1.03. The van der Waals surface area contributed by atoms with Gasteiger partial charge in [-0.15, -0.1) is 0 Å². The van der Waals surface area contributed by atoms with Crippen LogP contribution in [0.2, 0.25) is 0 Å².